The van der Waals surface area contributed by atoms with Gasteiger partial charge in [0, 0.05) is 13.1 Å². The quantitative estimate of drug-likeness (QED) is 0.745. The molecule has 1 heterocycles. The molecule has 1 aliphatic rings. The largest absolute Gasteiger partial charge is 0.478 e. The average molecular weight is 177 g/mol. The van der Waals surface area contributed by atoms with Crippen molar-refractivity contribution in [2.45, 2.75) is 6.42 Å². The molecule has 0 amide bonds. The van der Waals surface area contributed by atoms with E-state index < -0.39 is 5.97 Å². The summed E-state index contributed by atoms with van der Waals surface area (Å²) in [7, 11) is 0. The molecule has 1 aromatic rings. The van der Waals surface area contributed by atoms with Crippen molar-refractivity contribution < 1.29 is 9.90 Å². The first-order chi connectivity index (χ1) is 6.29. The Labute approximate surface area is 76.6 Å². The van der Waals surface area contributed by atoms with Gasteiger partial charge >= 0.3 is 5.97 Å². The van der Waals surface area contributed by atoms with Crippen molar-refractivity contribution in [1.82, 2.24) is 0 Å². The fourth-order valence-corrected chi connectivity index (χ4v) is 1.49. The van der Waals surface area contributed by atoms with Crippen molar-refractivity contribution in [3.8, 4) is 0 Å². The Morgan fingerprint density at radius 2 is 2.00 bits per heavy atom. The SMILES string of the molecule is O=C(O)c1ccccc1N1CCC1. The van der Waals surface area contributed by atoms with Gasteiger partial charge in [0.15, 0.2) is 0 Å². The van der Waals surface area contributed by atoms with Crippen LogP contribution < -0.4 is 4.90 Å². The molecule has 0 unspecified atom stereocenters. The van der Waals surface area contributed by atoms with E-state index in [-0.39, 0.29) is 0 Å². The lowest BCUT2D eigenvalue weighted by Gasteiger charge is -2.34. The molecule has 0 radical (unpaired) electrons. The summed E-state index contributed by atoms with van der Waals surface area (Å²) in [6.45, 7) is 1.95. The van der Waals surface area contributed by atoms with E-state index in [0.717, 1.165) is 25.2 Å². The molecule has 1 fully saturated rings. The number of para-hydroxylation sites is 1. The summed E-state index contributed by atoms with van der Waals surface area (Å²) in [6.07, 6.45) is 1.16. The van der Waals surface area contributed by atoms with E-state index in [4.69, 9.17) is 5.11 Å². The zero-order chi connectivity index (χ0) is 9.26. The van der Waals surface area contributed by atoms with Gasteiger partial charge in [-0.1, -0.05) is 12.1 Å². The minimum atomic E-state index is -0.845. The van der Waals surface area contributed by atoms with Crippen LogP contribution in [0.25, 0.3) is 0 Å². The minimum Gasteiger partial charge on any atom is -0.478 e. The molecule has 1 saturated heterocycles. The Hall–Kier alpha value is -1.51. The Balaban J connectivity index is 2.36. The van der Waals surface area contributed by atoms with Gasteiger partial charge in [-0.3, -0.25) is 0 Å². The molecule has 13 heavy (non-hydrogen) atoms. The van der Waals surface area contributed by atoms with Crippen LogP contribution >= 0.6 is 0 Å². The Morgan fingerprint density at radius 3 is 2.54 bits per heavy atom. The molecule has 0 spiro atoms. The molecule has 1 N–H and O–H groups in total. The fourth-order valence-electron chi connectivity index (χ4n) is 1.49. The highest BCUT2D eigenvalue weighted by molar-refractivity contribution is 5.94. The minimum absolute atomic E-state index is 0.405. The summed E-state index contributed by atoms with van der Waals surface area (Å²) in [5.74, 6) is -0.845. The second-order valence-electron chi connectivity index (χ2n) is 3.16. The average Bonchev–Trinajstić information content (AvgIpc) is 2.02. The van der Waals surface area contributed by atoms with Crippen LogP contribution in [0.4, 0.5) is 5.69 Å². The van der Waals surface area contributed by atoms with E-state index in [0.29, 0.717) is 5.56 Å². The van der Waals surface area contributed by atoms with E-state index in [2.05, 4.69) is 4.90 Å². The topological polar surface area (TPSA) is 40.5 Å². The molecule has 0 aliphatic carbocycles. The van der Waals surface area contributed by atoms with Crippen molar-refractivity contribution in [3.63, 3.8) is 0 Å². The second-order valence-corrected chi connectivity index (χ2v) is 3.16. The first-order valence-electron chi connectivity index (χ1n) is 4.36. The summed E-state index contributed by atoms with van der Waals surface area (Å²) in [6, 6.07) is 7.14. The molecule has 3 heteroatoms. The second kappa shape index (κ2) is 3.09. The maximum absolute atomic E-state index is 10.8. The van der Waals surface area contributed by atoms with Crippen molar-refractivity contribution in [2.75, 3.05) is 18.0 Å². The van der Waals surface area contributed by atoms with E-state index in [1.807, 2.05) is 12.1 Å². The first kappa shape index (κ1) is 8.10. The van der Waals surface area contributed by atoms with Gasteiger partial charge in [-0.05, 0) is 18.6 Å². The highest BCUT2D eigenvalue weighted by Crippen LogP contribution is 2.24. The zero-order valence-electron chi connectivity index (χ0n) is 7.23. The van der Waals surface area contributed by atoms with Gasteiger partial charge in [0.25, 0.3) is 0 Å². The number of carboxylic acids is 1. The molecule has 1 aromatic carbocycles. The first-order valence-corrected chi connectivity index (χ1v) is 4.36. The number of hydrogen-bond acceptors (Lipinski definition) is 2. The van der Waals surface area contributed by atoms with E-state index in [1.165, 1.54) is 0 Å². The number of carbonyl (C=O) groups is 1. The number of aromatic carboxylic acids is 1. The lowest BCUT2D eigenvalue weighted by molar-refractivity contribution is 0.0697. The Kier molecular flexibility index (Phi) is 1.93. The smallest absolute Gasteiger partial charge is 0.337 e. The molecule has 3 nitrogen and oxygen atoms in total. The lowest BCUT2D eigenvalue weighted by Crippen LogP contribution is -2.37. The van der Waals surface area contributed by atoms with Gasteiger partial charge in [-0.25, -0.2) is 4.79 Å². The molecule has 68 valence electrons. The summed E-state index contributed by atoms with van der Waals surface area (Å²) < 4.78 is 0. The third-order valence-corrected chi connectivity index (χ3v) is 2.33. The molecule has 1 aliphatic heterocycles. The van der Waals surface area contributed by atoms with Gasteiger partial charge in [0.05, 0.1) is 11.3 Å². The molecular formula is C10H11NO2. The van der Waals surface area contributed by atoms with E-state index >= 15 is 0 Å². The molecule has 0 aromatic heterocycles. The van der Waals surface area contributed by atoms with Crippen LogP contribution in [0.2, 0.25) is 0 Å². The zero-order valence-corrected chi connectivity index (χ0v) is 7.23. The summed E-state index contributed by atoms with van der Waals surface area (Å²) in [4.78, 5) is 12.9. The number of anilines is 1. The normalized spacial score (nSPS) is 15.2. The van der Waals surface area contributed by atoms with Crippen molar-refractivity contribution in [2.24, 2.45) is 0 Å². The van der Waals surface area contributed by atoms with Crippen molar-refractivity contribution in [3.05, 3.63) is 29.8 Å². The third kappa shape index (κ3) is 1.37. The predicted octanol–water partition coefficient (Wildman–Crippen LogP) is 1.59. The fraction of sp³-hybridized carbons (Fsp3) is 0.300. The van der Waals surface area contributed by atoms with E-state index in [1.54, 1.807) is 12.1 Å². The number of nitrogens with zero attached hydrogens (tertiary/aromatic N) is 1. The Morgan fingerprint density at radius 1 is 1.31 bits per heavy atom. The van der Waals surface area contributed by atoms with Gasteiger partial charge in [-0.2, -0.15) is 0 Å². The highest BCUT2D eigenvalue weighted by Gasteiger charge is 2.19. The monoisotopic (exact) mass is 177 g/mol. The molecule has 0 bridgehead atoms. The molecule has 0 saturated carbocycles. The third-order valence-electron chi connectivity index (χ3n) is 2.33. The van der Waals surface area contributed by atoms with Gasteiger partial charge in [0.2, 0.25) is 0 Å². The van der Waals surface area contributed by atoms with Gasteiger partial charge < -0.3 is 10.0 Å². The predicted molar refractivity (Wildman–Crippen MR) is 50.2 cm³/mol. The van der Waals surface area contributed by atoms with Gasteiger partial charge in [-0.15, -0.1) is 0 Å². The van der Waals surface area contributed by atoms with Crippen LogP contribution in [0.1, 0.15) is 16.8 Å². The summed E-state index contributed by atoms with van der Waals surface area (Å²) >= 11 is 0. The number of rotatable bonds is 2. The Bertz CT molecular complexity index is 331. The molecule has 2 rings (SSSR count). The summed E-state index contributed by atoms with van der Waals surface area (Å²) in [5, 5.41) is 8.91. The number of benzene rings is 1. The highest BCUT2D eigenvalue weighted by atomic mass is 16.4. The maximum atomic E-state index is 10.8. The van der Waals surface area contributed by atoms with Crippen LogP contribution in [0.5, 0.6) is 0 Å². The van der Waals surface area contributed by atoms with Gasteiger partial charge in [0.1, 0.15) is 0 Å². The lowest BCUT2D eigenvalue weighted by atomic mass is 10.1. The molecule has 0 atom stereocenters. The van der Waals surface area contributed by atoms with Crippen LogP contribution in [-0.2, 0) is 0 Å². The summed E-state index contributed by atoms with van der Waals surface area (Å²) in [5.41, 5.74) is 1.25. The van der Waals surface area contributed by atoms with Crippen molar-refractivity contribution >= 4 is 11.7 Å². The number of carboxylic acid groups (broad SMARTS) is 1. The standard InChI is InChI=1S/C10H11NO2/c12-10(13)8-4-1-2-5-9(8)11-6-3-7-11/h1-2,4-5H,3,6-7H2,(H,12,13). The molecular weight excluding hydrogens is 166 g/mol. The van der Waals surface area contributed by atoms with E-state index in [9.17, 15) is 4.79 Å². The maximum Gasteiger partial charge on any atom is 0.337 e. The van der Waals surface area contributed by atoms with Crippen molar-refractivity contribution in [1.29, 1.82) is 0 Å². The number of hydrogen-bond donors (Lipinski definition) is 1. The van der Waals surface area contributed by atoms with Crippen LogP contribution in [-0.4, -0.2) is 24.2 Å². The van der Waals surface area contributed by atoms with Crippen LogP contribution in [0.15, 0.2) is 24.3 Å². The van der Waals surface area contributed by atoms with Crippen LogP contribution in [0.3, 0.4) is 0 Å². The van der Waals surface area contributed by atoms with Crippen LogP contribution in [0, 0.1) is 0 Å².